The average Bonchev–Trinajstić information content (AvgIpc) is 0.677. The van der Waals surface area contributed by atoms with Gasteiger partial charge in [-0.15, -0.1) is 0 Å². The third-order valence-electron chi connectivity index (χ3n) is 24.7. The second-order valence-corrected chi connectivity index (χ2v) is 31.2. The number of anilines is 15. The molecule has 0 aromatic heterocycles. The average molecular weight is 1520 g/mol. The van der Waals surface area contributed by atoms with Crippen LogP contribution in [-0.2, 0) is 0 Å². The lowest BCUT2D eigenvalue weighted by molar-refractivity contribution is 0.469. The van der Waals surface area contributed by atoms with E-state index in [0.29, 0.717) is 5.75 Å². The van der Waals surface area contributed by atoms with E-state index in [2.05, 4.69) is 449 Å². The first-order valence-corrected chi connectivity index (χ1v) is 40.9. The zero-order chi connectivity index (χ0) is 78.2. The minimum atomic E-state index is -0.385. The van der Waals surface area contributed by atoms with Gasteiger partial charge >= 0.3 is 0 Å². The zero-order valence-electron chi connectivity index (χ0n) is 64.6. The molecule has 0 atom stereocenters. The molecule has 6 heterocycles. The molecular formula is C108H70B3N5O3. The molecule has 0 fully saturated rings. The van der Waals surface area contributed by atoms with Crippen molar-refractivity contribution in [3.05, 3.63) is 425 Å². The SMILES string of the molecule is c1ccc(-c2ccccc2N(c2ccccc2)c2cc3c4c(c2)N(c2ccccc2-c2ccccc2)c2ccccc2B4c2cc4c(cc2O3)N(c2c(-c3ccccc3)cccc2-c2ccccc2)c2cc3c(c5c2B4c2ccccc2O5)B2c4ccccc4N(c4ccccc4)c4cc(N(c5ccccc5)c5ccccc5)cc(c42)O3)cc1. The lowest BCUT2D eigenvalue weighted by Gasteiger charge is -2.46. The predicted molar refractivity (Wildman–Crippen MR) is 495 cm³/mol. The van der Waals surface area contributed by atoms with Gasteiger partial charge in [-0.3, -0.25) is 0 Å². The van der Waals surface area contributed by atoms with Gasteiger partial charge < -0.3 is 38.7 Å². The van der Waals surface area contributed by atoms with E-state index in [9.17, 15) is 0 Å². The summed E-state index contributed by atoms with van der Waals surface area (Å²) in [4.78, 5) is 12.3. The van der Waals surface area contributed by atoms with Crippen LogP contribution in [0.5, 0.6) is 34.5 Å². The smallest absolute Gasteiger partial charge is 0.261 e. The van der Waals surface area contributed by atoms with Crippen molar-refractivity contribution >= 4 is 155 Å². The number of fused-ring (bicyclic) bond motifs is 13. The van der Waals surface area contributed by atoms with Crippen LogP contribution in [0, 0.1) is 0 Å². The summed E-state index contributed by atoms with van der Waals surface area (Å²) in [6.45, 7) is -1.09. The Morgan fingerprint density at radius 2 is 0.605 bits per heavy atom. The third kappa shape index (κ3) is 10.8. The molecule has 0 unspecified atom stereocenters. The lowest BCUT2D eigenvalue weighted by Crippen LogP contribution is -2.66. The Labute approximate surface area is 692 Å². The molecule has 0 bridgehead atoms. The topological polar surface area (TPSA) is 43.9 Å². The van der Waals surface area contributed by atoms with E-state index in [-0.39, 0.29) is 20.1 Å². The number of hydrogen-bond acceptors (Lipinski definition) is 8. The minimum Gasteiger partial charge on any atom is -0.459 e. The van der Waals surface area contributed by atoms with Gasteiger partial charge in [-0.2, -0.15) is 0 Å². The molecule has 119 heavy (non-hydrogen) atoms. The van der Waals surface area contributed by atoms with E-state index >= 15 is 0 Å². The van der Waals surface area contributed by atoms with E-state index in [1.165, 1.54) is 0 Å². The van der Waals surface area contributed by atoms with Crippen LogP contribution < -0.4 is 87.9 Å². The molecule has 0 spiro atoms. The molecule has 8 nitrogen and oxygen atoms in total. The van der Waals surface area contributed by atoms with Gasteiger partial charge in [-0.05, 0) is 157 Å². The summed E-state index contributed by atoms with van der Waals surface area (Å²) in [7, 11) is 0. The van der Waals surface area contributed by atoms with Crippen molar-refractivity contribution in [2.45, 2.75) is 0 Å². The maximum absolute atomic E-state index is 8.17. The first-order valence-electron chi connectivity index (χ1n) is 40.9. The summed E-state index contributed by atoms with van der Waals surface area (Å²) in [5, 5.41) is 0. The van der Waals surface area contributed by atoms with Gasteiger partial charge in [0.05, 0.1) is 28.4 Å². The quantitative estimate of drug-likeness (QED) is 0.106. The molecule has 18 aromatic carbocycles. The second-order valence-electron chi connectivity index (χ2n) is 31.2. The maximum atomic E-state index is 8.17. The van der Waals surface area contributed by atoms with Gasteiger partial charge in [0.25, 0.3) is 20.1 Å². The summed E-state index contributed by atoms with van der Waals surface area (Å²) in [5.74, 6) is 4.54. The van der Waals surface area contributed by atoms with Crippen molar-refractivity contribution in [3.63, 3.8) is 0 Å². The van der Waals surface area contributed by atoms with Crippen LogP contribution in [-0.4, -0.2) is 20.1 Å². The first kappa shape index (κ1) is 68.0. The Bertz CT molecular complexity index is 6980. The van der Waals surface area contributed by atoms with Crippen LogP contribution >= 0.6 is 0 Å². The molecule has 18 aromatic rings. The molecule has 11 heteroatoms. The van der Waals surface area contributed by atoms with E-state index < -0.39 is 0 Å². The van der Waals surface area contributed by atoms with Crippen molar-refractivity contribution in [1.82, 2.24) is 0 Å². The fourth-order valence-corrected chi connectivity index (χ4v) is 19.8. The van der Waals surface area contributed by atoms with Gasteiger partial charge in [0.2, 0.25) is 0 Å². The van der Waals surface area contributed by atoms with Crippen LogP contribution in [0.2, 0.25) is 0 Å². The molecule has 0 amide bonds. The Morgan fingerprint density at radius 3 is 1.21 bits per heavy atom. The van der Waals surface area contributed by atoms with Crippen LogP contribution in [0.25, 0.3) is 44.5 Å². The van der Waals surface area contributed by atoms with E-state index in [1.807, 2.05) is 0 Å². The number of rotatable bonds is 13. The van der Waals surface area contributed by atoms with Crippen LogP contribution in [0.4, 0.5) is 85.3 Å². The van der Waals surface area contributed by atoms with Gasteiger partial charge in [-0.1, -0.05) is 309 Å². The van der Waals surface area contributed by atoms with E-state index in [0.717, 1.165) is 208 Å². The summed E-state index contributed by atoms with van der Waals surface area (Å²) < 4.78 is 24.2. The summed E-state index contributed by atoms with van der Waals surface area (Å²) in [5.41, 5.74) is 33.6. The van der Waals surface area contributed by atoms with Gasteiger partial charge in [0.15, 0.2) is 0 Å². The van der Waals surface area contributed by atoms with Crippen molar-refractivity contribution < 1.29 is 14.2 Å². The molecular weight excluding hydrogens is 1450 g/mol. The van der Waals surface area contributed by atoms with Gasteiger partial charge in [-0.25, -0.2) is 0 Å². The summed E-state index contributed by atoms with van der Waals surface area (Å²) in [6, 6.07) is 154. The Kier molecular flexibility index (Phi) is 15.8. The highest BCUT2D eigenvalue weighted by Crippen LogP contribution is 2.55. The molecule has 6 aliphatic heterocycles. The van der Waals surface area contributed by atoms with Crippen LogP contribution in [0.15, 0.2) is 425 Å². The number of ether oxygens (including phenoxy) is 3. The highest BCUT2D eigenvalue weighted by Gasteiger charge is 2.52. The Balaban J connectivity index is 0.797. The van der Waals surface area contributed by atoms with Crippen molar-refractivity contribution in [1.29, 1.82) is 0 Å². The minimum absolute atomic E-state index is 0.329. The second kappa shape index (κ2) is 27.7. The summed E-state index contributed by atoms with van der Waals surface area (Å²) in [6.07, 6.45) is 0. The van der Waals surface area contributed by atoms with Crippen LogP contribution in [0.1, 0.15) is 0 Å². The zero-order valence-corrected chi connectivity index (χ0v) is 64.6. The van der Waals surface area contributed by atoms with Gasteiger partial charge in [0, 0.05) is 109 Å². The maximum Gasteiger partial charge on any atom is 0.261 e. The standard InChI is InChI=1S/C108H70B3N5O3/c1-9-36-71(37-10-1)81-52-25-30-59-90(81)113(77-48-21-7-22-49-77)80-65-96-103-100(67-80)117-99-69-94-88(68-89(99)109(103)85-56-27-33-62-93(85)115(96)91-60-31-26-53-82(91)72-38-11-2-12-39-72)110-87-58-29-34-63-98(87)119-108-105(110)97(116(94)107-83(73-40-13-3-14-41-73)54-35-55-84(107)74-42-15-4-16-43-74)70-102-106(108)111-86-57-28-32-61-92(86)114(78-50-23-8-24-51-78)95-64-79(66-101(118-102)104(95)111)112(75-44-17-5-18-45-75)76-46-19-6-20-47-76/h1-70H. The van der Waals surface area contributed by atoms with Crippen molar-refractivity contribution in [3.8, 4) is 79.0 Å². The first-order chi connectivity index (χ1) is 59.1. The number of nitrogens with zero attached hydrogens (tertiary/aromatic N) is 5. The fraction of sp³-hybridized carbons (Fsp3) is 0. The van der Waals surface area contributed by atoms with Crippen LogP contribution in [0.3, 0.4) is 0 Å². The molecule has 0 radical (unpaired) electrons. The van der Waals surface area contributed by atoms with Gasteiger partial charge in [0.1, 0.15) is 34.5 Å². The molecule has 6 aliphatic rings. The predicted octanol–water partition coefficient (Wildman–Crippen LogP) is 22.5. The highest BCUT2D eigenvalue weighted by molar-refractivity contribution is 7.04. The molecule has 0 N–H and O–H groups in total. The third-order valence-corrected chi connectivity index (χ3v) is 24.7. The normalized spacial score (nSPS) is 13.0. The lowest BCUT2D eigenvalue weighted by atomic mass is 9.29. The summed E-state index contributed by atoms with van der Waals surface area (Å²) >= 11 is 0. The Hall–Kier alpha value is -15.4. The highest BCUT2D eigenvalue weighted by atomic mass is 16.5. The van der Waals surface area contributed by atoms with E-state index in [1.54, 1.807) is 0 Å². The molecule has 24 rings (SSSR count). The monoisotopic (exact) mass is 1520 g/mol. The number of para-hydroxylation sites is 10. The van der Waals surface area contributed by atoms with Crippen molar-refractivity contribution in [2.75, 3.05) is 24.5 Å². The molecule has 0 saturated carbocycles. The van der Waals surface area contributed by atoms with E-state index in [4.69, 9.17) is 14.2 Å². The fourth-order valence-electron chi connectivity index (χ4n) is 19.8. The molecule has 0 saturated heterocycles. The number of benzene rings is 18. The largest absolute Gasteiger partial charge is 0.459 e. The number of hydrogen-bond donors (Lipinski definition) is 0. The molecule has 0 aliphatic carbocycles. The van der Waals surface area contributed by atoms with Crippen molar-refractivity contribution in [2.24, 2.45) is 0 Å². The Morgan fingerprint density at radius 1 is 0.202 bits per heavy atom. The molecule has 554 valence electrons.